The number of aromatic nitrogens is 1. The van der Waals surface area contributed by atoms with Crippen molar-refractivity contribution in [2.75, 3.05) is 0 Å². The zero-order valence-corrected chi connectivity index (χ0v) is 11.7. The van der Waals surface area contributed by atoms with E-state index in [0.717, 1.165) is 22.6 Å². The molecule has 0 amide bonds. The highest BCUT2D eigenvalue weighted by molar-refractivity contribution is 6.17. The van der Waals surface area contributed by atoms with Gasteiger partial charge in [-0.2, -0.15) is 0 Å². The second kappa shape index (κ2) is 7.24. The lowest BCUT2D eigenvalue weighted by atomic mass is 10.2. The van der Waals surface area contributed by atoms with Crippen LogP contribution >= 0.6 is 24.0 Å². The Bertz CT molecular complexity index is 488. The summed E-state index contributed by atoms with van der Waals surface area (Å²) in [5, 5.41) is 0. The lowest BCUT2D eigenvalue weighted by molar-refractivity contribution is 0.303. The van der Waals surface area contributed by atoms with Gasteiger partial charge in [-0.05, 0) is 18.6 Å². The van der Waals surface area contributed by atoms with E-state index in [9.17, 15) is 0 Å². The van der Waals surface area contributed by atoms with Gasteiger partial charge in [0.15, 0.2) is 0 Å². The highest BCUT2D eigenvalue weighted by Crippen LogP contribution is 2.21. The van der Waals surface area contributed by atoms with Gasteiger partial charge in [0.25, 0.3) is 0 Å². The Labute approximate surface area is 118 Å². The highest BCUT2D eigenvalue weighted by Gasteiger charge is 2.05. The largest absolute Gasteiger partial charge is 0.489 e. The molecular formula is C14H15Cl2NO. The van der Waals surface area contributed by atoms with Gasteiger partial charge in [-0.25, -0.2) is 0 Å². The summed E-state index contributed by atoms with van der Waals surface area (Å²) in [6.07, 6.45) is 1.73. The molecule has 4 heteroatoms. The number of halogens is 2. The Kier molecular flexibility index (Phi) is 5.96. The standard InChI is InChI=1S/C14H14ClNO.ClH/c1-11-13(9-15)16-8-7-14(11)17-10-12-5-3-2-4-6-12;/h2-8H,9-10H2,1H3;1H. The first-order valence-corrected chi connectivity index (χ1v) is 6.02. The molecule has 0 saturated heterocycles. The molecule has 1 aromatic carbocycles. The number of hydrogen-bond acceptors (Lipinski definition) is 2. The van der Waals surface area contributed by atoms with Gasteiger partial charge in [0.05, 0.1) is 11.6 Å². The number of rotatable bonds is 4. The second-order valence-corrected chi connectivity index (χ2v) is 4.06. The maximum absolute atomic E-state index is 5.80. The summed E-state index contributed by atoms with van der Waals surface area (Å²) in [5.74, 6) is 1.26. The number of pyridine rings is 1. The van der Waals surface area contributed by atoms with Crippen molar-refractivity contribution in [3.63, 3.8) is 0 Å². The van der Waals surface area contributed by atoms with Crippen LogP contribution in [0.5, 0.6) is 5.75 Å². The normalized spacial score (nSPS) is 9.67. The number of ether oxygens (including phenoxy) is 1. The van der Waals surface area contributed by atoms with E-state index in [1.807, 2.05) is 43.3 Å². The van der Waals surface area contributed by atoms with E-state index < -0.39 is 0 Å². The van der Waals surface area contributed by atoms with Crippen molar-refractivity contribution in [2.24, 2.45) is 0 Å². The van der Waals surface area contributed by atoms with E-state index in [4.69, 9.17) is 16.3 Å². The highest BCUT2D eigenvalue weighted by atomic mass is 35.5. The molecule has 0 radical (unpaired) electrons. The van der Waals surface area contributed by atoms with Gasteiger partial charge in [-0.15, -0.1) is 24.0 Å². The van der Waals surface area contributed by atoms with Crippen molar-refractivity contribution in [1.29, 1.82) is 0 Å². The van der Waals surface area contributed by atoms with Gasteiger partial charge in [0.1, 0.15) is 12.4 Å². The van der Waals surface area contributed by atoms with Crippen LogP contribution in [0.1, 0.15) is 16.8 Å². The lowest BCUT2D eigenvalue weighted by Crippen LogP contribution is -1.99. The van der Waals surface area contributed by atoms with Gasteiger partial charge in [0.2, 0.25) is 0 Å². The number of hydrogen-bond donors (Lipinski definition) is 0. The zero-order chi connectivity index (χ0) is 12.1. The van der Waals surface area contributed by atoms with E-state index >= 15 is 0 Å². The molecule has 0 saturated carbocycles. The van der Waals surface area contributed by atoms with Crippen LogP contribution in [0.3, 0.4) is 0 Å². The molecule has 0 aliphatic carbocycles. The molecule has 0 aliphatic heterocycles. The summed E-state index contributed by atoms with van der Waals surface area (Å²) in [7, 11) is 0. The summed E-state index contributed by atoms with van der Waals surface area (Å²) < 4.78 is 5.77. The van der Waals surface area contributed by atoms with Gasteiger partial charge in [-0.3, -0.25) is 4.98 Å². The molecule has 0 aliphatic rings. The molecule has 96 valence electrons. The monoisotopic (exact) mass is 283 g/mol. The summed E-state index contributed by atoms with van der Waals surface area (Å²) >= 11 is 5.80. The van der Waals surface area contributed by atoms with Crippen molar-refractivity contribution in [2.45, 2.75) is 19.4 Å². The molecule has 2 aromatic rings. The maximum Gasteiger partial charge on any atom is 0.126 e. The molecule has 18 heavy (non-hydrogen) atoms. The predicted octanol–water partition coefficient (Wildman–Crippen LogP) is 4.13. The van der Waals surface area contributed by atoms with Crippen LogP contribution < -0.4 is 4.74 Å². The minimum atomic E-state index is 0. The Hall–Kier alpha value is -1.25. The van der Waals surface area contributed by atoms with Crippen LogP contribution in [0.4, 0.5) is 0 Å². The lowest BCUT2D eigenvalue weighted by Gasteiger charge is -2.10. The van der Waals surface area contributed by atoms with Crippen molar-refractivity contribution >= 4 is 24.0 Å². The molecule has 2 nitrogen and oxygen atoms in total. The van der Waals surface area contributed by atoms with Gasteiger partial charge >= 0.3 is 0 Å². The molecule has 0 atom stereocenters. The minimum Gasteiger partial charge on any atom is -0.489 e. The predicted molar refractivity (Wildman–Crippen MR) is 76.6 cm³/mol. The number of alkyl halides is 1. The third-order valence-corrected chi connectivity index (χ3v) is 2.88. The first-order chi connectivity index (χ1) is 8.31. The molecule has 0 unspecified atom stereocenters. The summed E-state index contributed by atoms with van der Waals surface area (Å²) in [6.45, 7) is 2.54. The van der Waals surface area contributed by atoms with Gasteiger partial charge in [0, 0.05) is 11.8 Å². The van der Waals surface area contributed by atoms with E-state index in [-0.39, 0.29) is 12.4 Å². The van der Waals surface area contributed by atoms with Gasteiger partial charge in [-0.1, -0.05) is 30.3 Å². The second-order valence-electron chi connectivity index (χ2n) is 3.79. The van der Waals surface area contributed by atoms with Crippen molar-refractivity contribution in [1.82, 2.24) is 4.98 Å². The van der Waals surface area contributed by atoms with Crippen LogP contribution in [0.25, 0.3) is 0 Å². The van der Waals surface area contributed by atoms with Crippen molar-refractivity contribution in [3.8, 4) is 5.75 Å². The van der Waals surface area contributed by atoms with Crippen LogP contribution in [-0.2, 0) is 12.5 Å². The van der Waals surface area contributed by atoms with Crippen LogP contribution in [0, 0.1) is 6.92 Å². The van der Waals surface area contributed by atoms with Crippen molar-refractivity contribution in [3.05, 3.63) is 59.4 Å². The SMILES string of the molecule is Cc1c(OCc2ccccc2)ccnc1CCl.Cl. The molecule has 0 spiro atoms. The summed E-state index contributed by atoms with van der Waals surface area (Å²) in [5.41, 5.74) is 3.03. The Balaban J connectivity index is 0.00000162. The van der Waals surface area contributed by atoms with E-state index in [1.165, 1.54) is 0 Å². The van der Waals surface area contributed by atoms with Crippen molar-refractivity contribution < 1.29 is 4.74 Å². The summed E-state index contributed by atoms with van der Waals surface area (Å²) in [6, 6.07) is 11.9. The van der Waals surface area contributed by atoms with E-state index in [0.29, 0.717) is 12.5 Å². The average Bonchev–Trinajstić information content (AvgIpc) is 2.39. The molecule has 1 aromatic heterocycles. The molecule has 1 heterocycles. The fourth-order valence-electron chi connectivity index (χ4n) is 1.59. The third-order valence-electron chi connectivity index (χ3n) is 2.62. The molecule has 0 N–H and O–H groups in total. The van der Waals surface area contributed by atoms with Crippen LogP contribution in [0.2, 0.25) is 0 Å². The quantitative estimate of drug-likeness (QED) is 0.787. The zero-order valence-electron chi connectivity index (χ0n) is 10.1. The topological polar surface area (TPSA) is 22.1 Å². The number of benzene rings is 1. The fraction of sp³-hybridized carbons (Fsp3) is 0.214. The smallest absolute Gasteiger partial charge is 0.126 e. The maximum atomic E-state index is 5.80. The third kappa shape index (κ3) is 3.62. The molecule has 2 rings (SSSR count). The number of nitrogens with zero attached hydrogens (tertiary/aromatic N) is 1. The first kappa shape index (κ1) is 14.8. The summed E-state index contributed by atoms with van der Waals surface area (Å²) in [4.78, 5) is 4.20. The Morgan fingerprint density at radius 2 is 1.89 bits per heavy atom. The molecule has 0 fully saturated rings. The first-order valence-electron chi connectivity index (χ1n) is 5.48. The van der Waals surface area contributed by atoms with Gasteiger partial charge < -0.3 is 4.74 Å². The average molecular weight is 284 g/mol. The van der Waals surface area contributed by atoms with Crippen LogP contribution in [-0.4, -0.2) is 4.98 Å². The molecular weight excluding hydrogens is 269 g/mol. The fourth-order valence-corrected chi connectivity index (χ4v) is 1.85. The Morgan fingerprint density at radius 3 is 2.56 bits per heavy atom. The minimum absolute atomic E-state index is 0. The van der Waals surface area contributed by atoms with E-state index in [1.54, 1.807) is 6.20 Å². The Morgan fingerprint density at radius 1 is 1.17 bits per heavy atom. The molecule has 0 bridgehead atoms. The van der Waals surface area contributed by atoms with Crippen LogP contribution in [0.15, 0.2) is 42.6 Å². The van der Waals surface area contributed by atoms with E-state index in [2.05, 4.69) is 4.98 Å².